The number of nitrogens with zero attached hydrogens (tertiary/aromatic N) is 4. The third-order valence-corrected chi connectivity index (χ3v) is 6.03. The minimum Gasteiger partial charge on any atom is -0.459 e. The topological polar surface area (TPSA) is 135 Å². The molecule has 1 saturated heterocycles. The number of halogens is 1. The van der Waals surface area contributed by atoms with Crippen LogP contribution < -0.4 is 5.32 Å². The summed E-state index contributed by atoms with van der Waals surface area (Å²) in [6, 6.07) is 17.1. The minimum atomic E-state index is -0.871. The van der Waals surface area contributed by atoms with Crippen molar-refractivity contribution in [2.24, 2.45) is 0 Å². The molecule has 1 N–H and O–H groups in total. The summed E-state index contributed by atoms with van der Waals surface area (Å²) in [5.41, 5.74) is 1.32. The molecule has 0 bridgehead atoms. The Morgan fingerprint density at radius 3 is 2.34 bits per heavy atom. The van der Waals surface area contributed by atoms with Crippen LogP contribution in [-0.4, -0.2) is 56.2 Å². The van der Waals surface area contributed by atoms with E-state index in [1.807, 2.05) is 0 Å². The number of amides is 1. The molecule has 1 aliphatic rings. The number of benzene rings is 2. The molecule has 3 atom stereocenters. The fourth-order valence-electron chi connectivity index (χ4n) is 4.06. The van der Waals surface area contributed by atoms with Gasteiger partial charge in [-0.3, -0.25) is 14.7 Å². The Bertz CT molecular complexity index is 1480. The highest BCUT2D eigenvalue weighted by atomic mass is 35.5. The van der Waals surface area contributed by atoms with Crippen molar-refractivity contribution in [2.75, 3.05) is 11.9 Å². The Balaban J connectivity index is 1.41. The highest BCUT2D eigenvalue weighted by molar-refractivity contribution is 6.33. The van der Waals surface area contributed by atoms with Crippen molar-refractivity contribution in [3.63, 3.8) is 0 Å². The van der Waals surface area contributed by atoms with Crippen molar-refractivity contribution in [1.82, 2.24) is 19.5 Å². The Hall–Kier alpha value is -4.35. The second kappa shape index (κ2) is 11.0. The van der Waals surface area contributed by atoms with Crippen molar-refractivity contribution in [1.29, 1.82) is 0 Å². The maximum atomic E-state index is 12.9. The van der Waals surface area contributed by atoms with Gasteiger partial charge in [0.1, 0.15) is 18.2 Å². The number of ether oxygens (including phenoxy) is 3. The van der Waals surface area contributed by atoms with Gasteiger partial charge in [-0.2, -0.15) is 9.97 Å². The smallest absolute Gasteiger partial charge is 0.338 e. The summed E-state index contributed by atoms with van der Waals surface area (Å²) in [6.07, 6.45) is -0.564. The van der Waals surface area contributed by atoms with Crippen LogP contribution in [0.5, 0.6) is 0 Å². The normalized spacial score (nSPS) is 18.7. The predicted molar refractivity (Wildman–Crippen MR) is 136 cm³/mol. The standard InChI is InChI=1S/C26H22ClN5O6/c1-15(33)29-26-30-21(27)20-22(31-26)32(14-28-20)23-19(38-25(35)17-10-6-3-7-11-17)12-18(37-23)13-36-24(34)16-8-4-2-5-9-16/h2-11,14,18-19,23H,12-13H2,1H3,(H,29,30,31,33)/t18-,19+,23+/m1/s1. The number of esters is 2. The van der Waals surface area contributed by atoms with Gasteiger partial charge in [0.2, 0.25) is 11.9 Å². The molecule has 0 spiro atoms. The molecule has 1 aliphatic heterocycles. The summed E-state index contributed by atoms with van der Waals surface area (Å²) in [5, 5.41) is 2.53. The summed E-state index contributed by atoms with van der Waals surface area (Å²) in [6.45, 7) is 1.25. The average molecular weight is 536 g/mol. The van der Waals surface area contributed by atoms with Crippen LogP contribution in [0.3, 0.4) is 0 Å². The quantitative estimate of drug-likeness (QED) is 0.277. The molecule has 0 unspecified atom stereocenters. The molecule has 0 radical (unpaired) electrons. The molecule has 3 heterocycles. The zero-order valence-corrected chi connectivity index (χ0v) is 20.9. The molecule has 12 heteroatoms. The predicted octanol–water partition coefficient (Wildman–Crippen LogP) is 3.81. The first-order valence-corrected chi connectivity index (χ1v) is 12.1. The number of fused-ring (bicyclic) bond motifs is 1. The van der Waals surface area contributed by atoms with Crippen molar-refractivity contribution < 1.29 is 28.6 Å². The molecule has 4 aromatic rings. The molecule has 0 aliphatic carbocycles. The fraction of sp³-hybridized carbons (Fsp3) is 0.231. The van der Waals surface area contributed by atoms with Crippen LogP contribution in [0.2, 0.25) is 5.15 Å². The van der Waals surface area contributed by atoms with E-state index in [2.05, 4.69) is 20.3 Å². The lowest BCUT2D eigenvalue weighted by molar-refractivity contribution is -0.114. The van der Waals surface area contributed by atoms with E-state index in [1.54, 1.807) is 65.2 Å². The van der Waals surface area contributed by atoms with Gasteiger partial charge in [0, 0.05) is 13.3 Å². The number of hydrogen-bond donors (Lipinski definition) is 1. The van der Waals surface area contributed by atoms with Gasteiger partial charge in [0.05, 0.1) is 23.6 Å². The Morgan fingerprint density at radius 1 is 1.03 bits per heavy atom. The van der Waals surface area contributed by atoms with Crippen LogP contribution in [0.1, 0.15) is 40.3 Å². The van der Waals surface area contributed by atoms with Crippen LogP contribution in [0, 0.1) is 0 Å². The summed E-state index contributed by atoms with van der Waals surface area (Å²) >= 11 is 6.28. The number of aromatic nitrogens is 4. The van der Waals surface area contributed by atoms with E-state index in [1.165, 1.54) is 13.3 Å². The first kappa shape index (κ1) is 25.3. The zero-order chi connectivity index (χ0) is 26.6. The largest absolute Gasteiger partial charge is 0.459 e. The molecule has 194 valence electrons. The number of anilines is 1. The molecule has 2 aromatic heterocycles. The van der Waals surface area contributed by atoms with E-state index in [9.17, 15) is 14.4 Å². The molecular formula is C26H22ClN5O6. The number of carbonyl (C=O) groups excluding carboxylic acids is 3. The zero-order valence-electron chi connectivity index (χ0n) is 20.1. The SMILES string of the molecule is CC(=O)Nc1nc(Cl)c2ncn([C@H]3O[C@@H](COC(=O)c4ccccc4)C[C@@H]3OC(=O)c3ccccc3)c2n1. The monoisotopic (exact) mass is 535 g/mol. The lowest BCUT2D eigenvalue weighted by Crippen LogP contribution is -2.25. The molecule has 2 aromatic carbocycles. The molecule has 11 nitrogen and oxygen atoms in total. The van der Waals surface area contributed by atoms with E-state index in [-0.39, 0.29) is 41.2 Å². The van der Waals surface area contributed by atoms with Crippen LogP contribution in [0.25, 0.3) is 11.2 Å². The second-order valence-electron chi connectivity index (χ2n) is 8.50. The number of carbonyl (C=O) groups is 3. The summed E-state index contributed by atoms with van der Waals surface area (Å²) in [4.78, 5) is 49.6. The van der Waals surface area contributed by atoms with Gasteiger partial charge in [0.25, 0.3) is 0 Å². The van der Waals surface area contributed by atoms with E-state index in [0.29, 0.717) is 11.1 Å². The molecular weight excluding hydrogens is 514 g/mol. The van der Waals surface area contributed by atoms with E-state index >= 15 is 0 Å². The van der Waals surface area contributed by atoms with Gasteiger partial charge < -0.3 is 14.2 Å². The maximum Gasteiger partial charge on any atom is 0.338 e. The third-order valence-electron chi connectivity index (χ3n) is 5.76. The molecule has 38 heavy (non-hydrogen) atoms. The summed E-state index contributed by atoms with van der Waals surface area (Å²) < 4.78 is 19.0. The fourth-order valence-corrected chi connectivity index (χ4v) is 4.28. The number of nitrogens with one attached hydrogen (secondary N) is 1. The Kier molecular flexibility index (Phi) is 7.29. The first-order chi connectivity index (χ1) is 18.4. The molecule has 5 rings (SSSR count). The van der Waals surface area contributed by atoms with Crippen LogP contribution in [0.15, 0.2) is 67.0 Å². The minimum absolute atomic E-state index is 0.0130. The lowest BCUT2D eigenvalue weighted by Gasteiger charge is -2.20. The Labute approximate surface area is 221 Å². The van der Waals surface area contributed by atoms with E-state index in [0.717, 1.165) is 0 Å². The molecule has 1 fully saturated rings. The number of imidazole rings is 1. The van der Waals surface area contributed by atoms with E-state index in [4.69, 9.17) is 25.8 Å². The number of rotatable bonds is 7. The van der Waals surface area contributed by atoms with Crippen LogP contribution in [-0.2, 0) is 19.0 Å². The Morgan fingerprint density at radius 2 is 1.68 bits per heavy atom. The van der Waals surface area contributed by atoms with Crippen molar-refractivity contribution in [3.8, 4) is 0 Å². The van der Waals surface area contributed by atoms with Crippen LogP contribution in [0.4, 0.5) is 5.95 Å². The van der Waals surface area contributed by atoms with Gasteiger partial charge in [-0.05, 0) is 24.3 Å². The van der Waals surface area contributed by atoms with Gasteiger partial charge in [-0.15, -0.1) is 0 Å². The lowest BCUT2D eigenvalue weighted by atomic mass is 10.2. The highest BCUT2D eigenvalue weighted by Crippen LogP contribution is 2.35. The first-order valence-electron chi connectivity index (χ1n) is 11.7. The maximum absolute atomic E-state index is 12.9. The average Bonchev–Trinajstić information content (AvgIpc) is 3.52. The summed E-state index contributed by atoms with van der Waals surface area (Å²) in [7, 11) is 0. The van der Waals surface area contributed by atoms with Gasteiger partial charge in [-0.25, -0.2) is 14.6 Å². The van der Waals surface area contributed by atoms with E-state index < -0.39 is 30.4 Å². The van der Waals surface area contributed by atoms with Gasteiger partial charge >= 0.3 is 11.9 Å². The van der Waals surface area contributed by atoms with Gasteiger partial charge in [-0.1, -0.05) is 48.0 Å². The van der Waals surface area contributed by atoms with Crippen LogP contribution >= 0.6 is 11.6 Å². The van der Waals surface area contributed by atoms with Gasteiger partial charge in [0.15, 0.2) is 17.0 Å². The second-order valence-corrected chi connectivity index (χ2v) is 8.86. The van der Waals surface area contributed by atoms with Crippen molar-refractivity contribution in [3.05, 3.63) is 83.3 Å². The highest BCUT2D eigenvalue weighted by Gasteiger charge is 2.41. The number of hydrogen-bond acceptors (Lipinski definition) is 9. The van der Waals surface area contributed by atoms with Crippen molar-refractivity contribution in [2.45, 2.75) is 31.8 Å². The third kappa shape index (κ3) is 5.48. The summed E-state index contributed by atoms with van der Waals surface area (Å²) in [5.74, 6) is -1.43. The molecule has 1 amide bonds. The molecule has 0 saturated carbocycles. The van der Waals surface area contributed by atoms with Crippen molar-refractivity contribution >= 4 is 46.6 Å².